The normalized spacial score (nSPS) is 11.6. The molecule has 1 aromatic rings. The molecular weight excluding hydrogens is 334 g/mol. The van der Waals surface area contributed by atoms with Gasteiger partial charge in [0.05, 0.1) is 19.3 Å². The molecule has 0 saturated carbocycles. The van der Waals surface area contributed by atoms with E-state index in [0.717, 1.165) is 10.0 Å². The van der Waals surface area contributed by atoms with Gasteiger partial charge in [0.25, 0.3) is 0 Å². The molecule has 0 amide bonds. The summed E-state index contributed by atoms with van der Waals surface area (Å²) in [6.07, 6.45) is -0.135. The molecule has 0 aromatic heterocycles. The second-order valence-electron chi connectivity index (χ2n) is 4.02. The third kappa shape index (κ3) is 5.30. The molecule has 0 aliphatic rings. The molecule has 0 aliphatic heterocycles. The fourth-order valence-corrected chi connectivity index (χ4v) is 2.76. The molecular formula is C12H16BrNO4S. The topological polar surface area (TPSA) is 63.7 Å². The molecule has 0 radical (unpaired) electrons. The average molecular weight is 350 g/mol. The number of hydrogen-bond donors (Lipinski definition) is 0. The molecule has 19 heavy (non-hydrogen) atoms. The van der Waals surface area contributed by atoms with Gasteiger partial charge in [0.15, 0.2) is 0 Å². The van der Waals surface area contributed by atoms with Gasteiger partial charge in [-0.25, -0.2) is 12.7 Å². The zero-order valence-corrected chi connectivity index (χ0v) is 13.2. The summed E-state index contributed by atoms with van der Waals surface area (Å²) >= 11 is 3.32. The van der Waals surface area contributed by atoms with Crippen LogP contribution in [0.2, 0.25) is 0 Å². The summed E-state index contributed by atoms with van der Waals surface area (Å²) in [5, 5.41) is 0. The molecule has 0 fully saturated rings. The van der Waals surface area contributed by atoms with E-state index < -0.39 is 16.0 Å². The molecule has 1 aromatic carbocycles. The molecule has 0 heterocycles. The number of nitrogens with zero attached hydrogens (tertiary/aromatic N) is 1. The minimum atomic E-state index is -3.45. The van der Waals surface area contributed by atoms with Crippen LogP contribution < -0.4 is 0 Å². The lowest BCUT2D eigenvalue weighted by molar-refractivity contribution is -0.140. The number of ether oxygens (including phenoxy) is 1. The second-order valence-corrected chi connectivity index (χ2v) is 7.14. The summed E-state index contributed by atoms with van der Waals surface area (Å²) in [6.45, 7) is 0.275. The van der Waals surface area contributed by atoms with Gasteiger partial charge in [0.1, 0.15) is 0 Å². The van der Waals surface area contributed by atoms with Crippen LogP contribution in [0.5, 0.6) is 0 Å². The van der Waals surface area contributed by atoms with E-state index in [2.05, 4.69) is 20.7 Å². The molecule has 5 nitrogen and oxygen atoms in total. The Morgan fingerprint density at radius 2 is 1.89 bits per heavy atom. The van der Waals surface area contributed by atoms with E-state index >= 15 is 0 Å². The Kier molecular flexibility index (Phi) is 5.96. The van der Waals surface area contributed by atoms with Gasteiger partial charge in [-0.15, -0.1) is 0 Å². The number of carbonyl (C=O) groups is 1. The summed E-state index contributed by atoms with van der Waals surface area (Å²) in [5.41, 5.74) is 0.882. The number of methoxy groups -OCH3 is 1. The quantitative estimate of drug-likeness (QED) is 0.734. The van der Waals surface area contributed by atoms with E-state index in [1.807, 2.05) is 24.3 Å². The van der Waals surface area contributed by atoms with Gasteiger partial charge in [-0.3, -0.25) is 4.79 Å². The number of halogens is 1. The first kappa shape index (κ1) is 16.1. The van der Waals surface area contributed by atoms with E-state index in [-0.39, 0.29) is 18.7 Å². The van der Waals surface area contributed by atoms with Crippen LogP contribution in [0.3, 0.4) is 0 Å². The van der Waals surface area contributed by atoms with Crippen LogP contribution in [0.1, 0.15) is 12.0 Å². The predicted molar refractivity (Wildman–Crippen MR) is 76.0 cm³/mol. The zero-order chi connectivity index (χ0) is 14.5. The van der Waals surface area contributed by atoms with Crippen LogP contribution >= 0.6 is 15.9 Å². The maximum atomic E-state index is 11.9. The number of rotatable bonds is 6. The Hall–Kier alpha value is -0.920. The van der Waals surface area contributed by atoms with Crippen molar-refractivity contribution in [2.45, 2.75) is 13.0 Å². The van der Waals surface area contributed by atoms with Crippen molar-refractivity contribution in [3.8, 4) is 0 Å². The third-order valence-corrected chi connectivity index (χ3v) is 4.91. The van der Waals surface area contributed by atoms with Gasteiger partial charge in [0, 0.05) is 18.1 Å². The van der Waals surface area contributed by atoms with E-state index in [1.54, 1.807) is 0 Å². The SMILES string of the molecule is COC(=O)CCS(=O)(=O)N(C)Cc1ccc(Br)cc1. The molecule has 0 N–H and O–H groups in total. The number of carbonyl (C=O) groups excluding carboxylic acids is 1. The highest BCUT2D eigenvalue weighted by Gasteiger charge is 2.19. The van der Waals surface area contributed by atoms with Gasteiger partial charge in [-0.2, -0.15) is 0 Å². The van der Waals surface area contributed by atoms with Crippen molar-refractivity contribution >= 4 is 31.9 Å². The van der Waals surface area contributed by atoms with Crippen molar-refractivity contribution in [2.75, 3.05) is 19.9 Å². The summed E-state index contributed by atoms with van der Waals surface area (Å²) in [5.74, 6) is -0.771. The lowest BCUT2D eigenvalue weighted by atomic mass is 10.2. The maximum absolute atomic E-state index is 11.9. The van der Waals surface area contributed by atoms with Crippen molar-refractivity contribution in [1.82, 2.24) is 4.31 Å². The van der Waals surface area contributed by atoms with E-state index in [9.17, 15) is 13.2 Å². The van der Waals surface area contributed by atoms with Crippen molar-refractivity contribution in [3.63, 3.8) is 0 Å². The molecule has 106 valence electrons. The number of sulfonamides is 1. The van der Waals surface area contributed by atoms with Crippen LogP contribution in [0, 0.1) is 0 Å². The molecule has 1 rings (SSSR count). The molecule has 7 heteroatoms. The van der Waals surface area contributed by atoms with Crippen LogP contribution in [-0.4, -0.2) is 38.6 Å². The van der Waals surface area contributed by atoms with Crippen molar-refractivity contribution in [2.24, 2.45) is 0 Å². The Morgan fingerprint density at radius 3 is 2.42 bits per heavy atom. The molecule has 0 atom stereocenters. The Morgan fingerprint density at radius 1 is 1.32 bits per heavy atom. The van der Waals surface area contributed by atoms with E-state index in [4.69, 9.17) is 0 Å². The van der Waals surface area contributed by atoms with Gasteiger partial charge < -0.3 is 4.74 Å². The standard InChI is InChI=1S/C12H16BrNO4S/c1-14(9-10-3-5-11(13)6-4-10)19(16,17)8-7-12(15)18-2/h3-6H,7-9H2,1-2H3. The lowest BCUT2D eigenvalue weighted by Crippen LogP contribution is -2.29. The number of hydrogen-bond acceptors (Lipinski definition) is 4. The van der Waals surface area contributed by atoms with E-state index in [1.165, 1.54) is 18.5 Å². The van der Waals surface area contributed by atoms with Gasteiger partial charge in [-0.05, 0) is 17.7 Å². The molecule has 0 spiro atoms. The van der Waals surface area contributed by atoms with Crippen molar-refractivity contribution < 1.29 is 17.9 Å². The minimum Gasteiger partial charge on any atom is -0.469 e. The Balaban J connectivity index is 2.63. The first-order valence-electron chi connectivity index (χ1n) is 5.60. The average Bonchev–Trinajstić information content (AvgIpc) is 2.38. The van der Waals surface area contributed by atoms with Gasteiger partial charge in [-0.1, -0.05) is 28.1 Å². The second kappa shape index (κ2) is 7.02. The fraction of sp³-hybridized carbons (Fsp3) is 0.417. The monoisotopic (exact) mass is 349 g/mol. The third-order valence-electron chi connectivity index (χ3n) is 2.59. The van der Waals surface area contributed by atoms with Gasteiger partial charge in [0.2, 0.25) is 10.0 Å². The van der Waals surface area contributed by atoms with Crippen LogP contribution in [-0.2, 0) is 26.1 Å². The smallest absolute Gasteiger partial charge is 0.306 e. The van der Waals surface area contributed by atoms with Gasteiger partial charge >= 0.3 is 5.97 Å². The first-order valence-corrected chi connectivity index (χ1v) is 8.00. The van der Waals surface area contributed by atoms with Crippen LogP contribution in [0.15, 0.2) is 28.7 Å². The number of benzene rings is 1. The molecule has 0 bridgehead atoms. The summed E-state index contributed by atoms with van der Waals surface area (Å²) in [4.78, 5) is 11.0. The van der Waals surface area contributed by atoms with Crippen LogP contribution in [0.25, 0.3) is 0 Å². The van der Waals surface area contributed by atoms with Crippen LogP contribution in [0.4, 0.5) is 0 Å². The molecule has 0 saturated heterocycles. The zero-order valence-electron chi connectivity index (χ0n) is 10.8. The van der Waals surface area contributed by atoms with Crippen molar-refractivity contribution in [1.29, 1.82) is 0 Å². The Labute approximate surface area is 121 Å². The predicted octanol–water partition coefficient (Wildman–Crippen LogP) is 1.77. The number of esters is 1. The maximum Gasteiger partial charge on any atom is 0.306 e. The highest BCUT2D eigenvalue weighted by Crippen LogP contribution is 2.13. The Bertz CT molecular complexity index is 527. The summed E-state index contributed by atoms with van der Waals surface area (Å²) in [7, 11) is -0.722. The highest BCUT2D eigenvalue weighted by atomic mass is 79.9. The fourth-order valence-electron chi connectivity index (χ4n) is 1.42. The summed E-state index contributed by atoms with van der Waals surface area (Å²) < 4.78 is 30.5. The molecule has 0 unspecified atom stereocenters. The highest BCUT2D eigenvalue weighted by molar-refractivity contribution is 9.10. The molecule has 0 aliphatic carbocycles. The largest absolute Gasteiger partial charge is 0.469 e. The minimum absolute atomic E-state index is 0.135. The first-order chi connectivity index (χ1) is 8.85. The lowest BCUT2D eigenvalue weighted by Gasteiger charge is -2.16. The van der Waals surface area contributed by atoms with Crippen molar-refractivity contribution in [3.05, 3.63) is 34.3 Å². The summed E-state index contributed by atoms with van der Waals surface area (Å²) in [6, 6.07) is 7.39. The van der Waals surface area contributed by atoms with E-state index in [0.29, 0.717) is 0 Å².